The van der Waals surface area contributed by atoms with Crippen LogP contribution in [0.2, 0.25) is 15.1 Å². The number of nitrogens with zero attached hydrogens (tertiary/aromatic N) is 2. The van der Waals surface area contributed by atoms with Crippen LogP contribution in [0.3, 0.4) is 0 Å². The fourth-order valence-electron chi connectivity index (χ4n) is 3.38. The number of rotatable bonds is 3. The minimum absolute atomic E-state index is 0.347. The molecule has 8 heteroatoms. The van der Waals surface area contributed by atoms with E-state index in [0.717, 1.165) is 39.3 Å². The number of hydrogen-bond acceptors (Lipinski definition) is 3. The van der Waals surface area contributed by atoms with Gasteiger partial charge in [0.2, 0.25) is 0 Å². The molecule has 0 N–H and O–H groups in total. The van der Waals surface area contributed by atoms with Crippen LogP contribution in [0.5, 0.6) is 0 Å². The number of thioether (sulfide) groups is 1. The largest absolute Gasteiger partial charge is 0.316 e. The molecular formula is C22H15Cl3N2O2S. The number of halogens is 3. The SMILES string of the molecule is Cc1cc(/C=C2/SC(=O)N(c3ccc(Cl)cc3)C2=O)c(C)n1-c1cc(Cl)ccc1Cl. The number of benzene rings is 2. The minimum Gasteiger partial charge on any atom is -0.316 e. The van der Waals surface area contributed by atoms with Crippen molar-refractivity contribution < 1.29 is 9.59 Å². The molecule has 4 rings (SSSR count). The lowest BCUT2D eigenvalue weighted by Gasteiger charge is -2.12. The molecule has 1 aliphatic heterocycles. The summed E-state index contributed by atoms with van der Waals surface area (Å²) < 4.78 is 1.98. The van der Waals surface area contributed by atoms with Crippen LogP contribution in [0.1, 0.15) is 17.0 Å². The van der Waals surface area contributed by atoms with Gasteiger partial charge in [0.15, 0.2) is 0 Å². The highest BCUT2D eigenvalue weighted by molar-refractivity contribution is 8.19. The maximum atomic E-state index is 12.9. The van der Waals surface area contributed by atoms with Crippen LogP contribution in [0.25, 0.3) is 11.8 Å². The summed E-state index contributed by atoms with van der Waals surface area (Å²) in [6.07, 6.45) is 1.73. The molecule has 0 saturated carbocycles. The van der Waals surface area contributed by atoms with E-state index in [2.05, 4.69) is 0 Å². The lowest BCUT2D eigenvalue weighted by Crippen LogP contribution is -2.27. The summed E-state index contributed by atoms with van der Waals surface area (Å²) in [7, 11) is 0. The number of carbonyl (C=O) groups is 2. The lowest BCUT2D eigenvalue weighted by atomic mass is 10.2. The van der Waals surface area contributed by atoms with Crippen molar-refractivity contribution in [2.45, 2.75) is 13.8 Å². The molecule has 4 nitrogen and oxygen atoms in total. The first-order valence-corrected chi connectivity index (χ1v) is 10.9. The van der Waals surface area contributed by atoms with E-state index < -0.39 is 0 Å². The van der Waals surface area contributed by atoms with Crippen LogP contribution in [0, 0.1) is 13.8 Å². The number of hydrogen-bond donors (Lipinski definition) is 0. The number of anilines is 1. The summed E-state index contributed by atoms with van der Waals surface area (Å²) in [6.45, 7) is 3.88. The summed E-state index contributed by atoms with van der Waals surface area (Å²) >= 11 is 19.4. The molecule has 30 heavy (non-hydrogen) atoms. The topological polar surface area (TPSA) is 42.3 Å². The molecule has 0 bridgehead atoms. The van der Waals surface area contributed by atoms with E-state index in [1.54, 1.807) is 48.5 Å². The Hall–Kier alpha value is -2.18. The minimum atomic E-state index is -0.363. The highest BCUT2D eigenvalue weighted by Crippen LogP contribution is 2.37. The number of amides is 2. The number of aryl methyl sites for hydroxylation is 1. The van der Waals surface area contributed by atoms with Gasteiger partial charge in [-0.2, -0.15) is 0 Å². The fraction of sp³-hybridized carbons (Fsp3) is 0.0909. The molecule has 0 spiro atoms. The molecule has 3 aromatic rings. The molecule has 0 radical (unpaired) electrons. The smallest absolute Gasteiger partial charge is 0.298 e. The number of aromatic nitrogens is 1. The lowest BCUT2D eigenvalue weighted by molar-refractivity contribution is -0.113. The van der Waals surface area contributed by atoms with Crippen molar-refractivity contribution in [1.82, 2.24) is 4.57 Å². The van der Waals surface area contributed by atoms with Gasteiger partial charge in [-0.25, -0.2) is 4.90 Å². The van der Waals surface area contributed by atoms with E-state index in [1.165, 1.54) is 0 Å². The quantitative estimate of drug-likeness (QED) is 0.372. The maximum absolute atomic E-state index is 12.9. The average molecular weight is 478 g/mol. The number of imide groups is 1. The molecule has 1 fully saturated rings. The van der Waals surface area contributed by atoms with Gasteiger partial charge in [-0.15, -0.1) is 0 Å². The Morgan fingerprint density at radius 2 is 1.57 bits per heavy atom. The van der Waals surface area contributed by atoms with Gasteiger partial charge in [-0.3, -0.25) is 9.59 Å². The van der Waals surface area contributed by atoms with E-state index in [0.29, 0.717) is 25.7 Å². The van der Waals surface area contributed by atoms with Crippen LogP contribution in [-0.4, -0.2) is 15.7 Å². The number of carbonyl (C=O) groups excluding carboxylic acids is 2. The van der Waals surface area contributed by atoms with Crippen molar-refractivity contribution in [1.29, 1.82) is 0 Å². The summed E-state index contributed by atoms with van der Waals surface area (Å²) in [6, 6.07) is 13.8. The van der Waals surface area contributed by atoms with Crippen LogP contribution >= 0.6 is 46.6 Å². The third-order valence-corrected chi connectivity index (χ3v) is 6.46. The molecule has 2 heterocycles. The van der Waals surface area contributed by atoms with Gasteiger partial charge >= 0.3 is 0 Å². The summed E-state index contributed by atoms with van der Waals surface area (Å²) in [4.78, 5) is 26.9. The monoisotopic (exact) mass is 476 g/mol. The molecule has 1 aromatic heterocycles. The van der Waals surface area contributed by atoms with Crippen molar-refractivity contribution in [3.8, 4) is 5.69 Å². The van der Waals surface area contributed by atoms with E-state index >= 15 is 0 Å². The second-order valence-corrected chi connectivity index (χ2v) is 9.02. The van der Waals surface area contributed by atoms with E-state index in [-0.39, 0.29) is 11.1 Å². The third kappa shape index (κ3) is 3.79. The van der Waals surface area contributed by atoms with E-state index in [9.17, 15) is 9.59 Å². The molecule has 152 valence electrons. The first-order chi connectivity index (χ1) is 14.3. The van der Waals surface area contributed by atoms with Gasteiger partial charge < -0.3 is 4.57 Å². The molecule has 2 amide bonds. The molecule has 1 aliphatic rings. The second-order valence-electron chi connectivity index (χ2n) is 6.75. The molecule has 0 aliphatic carbocycles. The Labute approximate surface area is 193 Å². The molecule has 2 aromatic carbocycles. The Bertz CT molecular complexity index is 1220. The predicted octanol–water partition coefficient (Wildman–Crippen LogP) is 7.30. The first kappa shape index (κ1) is 21.1. The van der Waals surface area contributed by atoms with Crippen LogP contribution in [-0.2, 0) is 4.79 Å². The molecule has 1 saturated heterocycles. The van der Waals surface area contributed by atoms with Crippen molar-refractivity contribution in [2.75, 3.05) is 4.90 Å². The van der Waals surface area contributed by atoms with E-state index in [4.69, 9.17) is 34.8 Å². The predicted molar refractivity (Wildman–Crippen MR) is 125 cm³/mol. The summed E-state index contributed by atoms with van der Waals surface area (Å²) in [5, 5.41) is 1.33. The van der Waals surface area contributed by atoms with Crippen LogP contribution in [0.15, 0.2) is 53.4 Å². The third-order valence-electron chi connectivity index (χ3n) is 4.78. The molecule has 0 atom stereocenters. The van der Waals surface area contributed by atoms with Crippen molar-refractivity contribution in [3.63, 3.8) is 0 Å². The molecular weight excluding hydrogens is 463 g/mol. The standard InChI is InChI=1S/C22H15Cl3N2O2S/c1-12-9-14(13(2)26(12)19-11-16(24)5-8-18(19)25)10-20-21(28)27(22(29)30-20)17-6-3-15(23)4-7-17/h3-11H,1-2H3/b20-10+. The van der Waals surface area contributed by atoms with Crippen LogP contribution in [0.4, 0.5) is 10.5 Å². The van der Waals surface area contributed by atoms with Crippen molar-refractivity contribution >= 4 is 69.5 Å². The van der Waals surface area contributed by atoms with Crippen molar-refractivity contribution in [3.05, 3.63) is 85.5 Å². The Morgan fingerprint density at radius 3 is 2.27 bits per heavy atom. The first-order valence-electron chi connectivity index (χ1n) is 8.94. The summed E-state index contributed by atoms with van der Waals surface area (Å²) in [5.41, 5.74) is 3.88. The van der Waals surface area contributed by atoms with E-state index in [1.807, 2.05) is 24.5 Å². The van der Waals surface area contributed by atoms with Gasteiger partial charge in [0, 0.05) is 21.4 Å². The van der Waals surface area contributed by atoms with Gasteiger partial charge in [-0.1, -0.05) is 34.8 Å². The highest BCUT2D eigenvalue weighted by atomic mass is 35.5. The van der Waals surface area contributed by atoms with Crippen molar-refractivity contribution in [2.24, 2.45) is 0 Å². The van der Waals surface area contributed by atoms with Gasteiger partial charge in [0.05, 0.1) is 21.3 Å². The van der Waals surface area contributed by atoms with Gasteiger partial charge in [0.25, 0.3) is 11.1 Å². The zero-order valence-corrected chi connectivity index (χ0v) is 19.0. The Kier molecular flexibility index (Phi) is 5.73. The fourth-order valence-corrected chi connectivity index (χ4v) is 4.71. The van der Waals surface area contributed by atoms with Gasteiger partial charge in [-0.05, 0) is 85.8 Å². The van der Waals surface area contributed by atoms with Crippen LogP contribution < -0.4 is 4.90 Å². The maximum Gasteiger partial charge on any atom is 0.298 e. The summed E-state index contributed by atoms with van der Waals surface area (Å²) in [5.74, 6) is -0.363. The zero-order valence-electron chi connectivity index (χ0n) is 15.9. The average Bonchev–Trinajstić information content (AvgIpc) is 3.13. The highest BCUT2D eigenvalue weighted by Gasteiger charge is 2.36. The second kappa shape index (κ2) is 8.16. The Morgan fingerprint density at radius 1 is 0.900 bits per heavy atom. The Balaban J connectivity index is 1.72. The zero-order chi connectivity index (χ0) is 21.6. The van der Waals surface area contributed by atoms with Gasteiger partial charge in [0.1, 0.15) is 0 Å². The normalized spacial score (nSPS) is 15.5. The molecule has 0 unspecified atom stereocenters.